The van der Waals surface area contributed by atoms with Crippen molar-refractivity contribution in [2.45, 2.75) is 24.0 Å². The van der Waals surface area contributed by atoms with E-state index in [2.05, 4.69) is 0 Å². The predicted molar refractivity (Wildman–Crippen MR) is 46.5 cm³/mol. The highest BCUT2D eigenvalue weighted by molar-refractivity contribution is 8.00. The Balaban J connectivity index is 2.24. The normalized spacial score (nSPS) is 33.6. The molecule has 4 heteroatoms. The lowest BCUT2D eigenvalue weighted by atomic mass is 10.1. The number of aldehydes is 1. The maximum atomic E-state index is 11.0. The first-order valence-corrected chi connectivity index (χ1v) is 4.80. The van der Waals surface area contributed by atoms with Gasteiger partial charge in [0.15, 0.2) is 0 Å². The van der Waals surface area contributed by atoms with Crippen LogP contribution in [0.5, 0.6) is 0 Å². The van der Waals surface area contributed by atoms with Crippen molar-refractivity contribution in [2.24, 2.45) is 0 Å². The predicted octanol–water partition coefficient (Wildman–Crippen LogP) is 0.763. The third-order valence-corrected chi connectivity index (χ3v) is 3.59. The van der Waals surface area contributed by atoms with E-state index in [0.29, 0.717) is 12.0 Å². The fourth-order valence-corrected chi connectivity index (χ4v) is 2.67. The van der Waals surface area contributed by atoms with Gasteiger partial charge in [0.05, 0.1) is 11.8 Å². The lowest BCUT2D eigenvalue weighted by Gasteiger charge is -2.42. The first-order valence-electron chi connectivity index (χ1n) is 3.86. The van der Waals surface area contributed by atoms with E-state index < -0.39 is 0 Å². The zero-order valence-corrected chi connectivity index (χ0v) is 7.50. The maximum absolute atomic E-state index is 11.0. The monoisotopic (exact) mass is 183 g/mol. The minimum absolute atomic E-state index is 0.124. The van der Waals surface area contributed by atoms with Crippen LogP contribution in [0.25, 0.3) is 0 Å². The largest absolute Gasteiger partial charge is 0.306 e. The minimum atomic E-state index is 0.124. The Kier molecular flexibility index (Phi) is 1.72. The van der Waals surface area contributed by atoms with Crippen LogP contribution in [-0.4, -0.2) is 27.7 Å². The molecule has 64 valence electrons. The van der Waals surface area contributed by atoms with Gasteiger partial charge in [-0.1, -0.05) is 0 Å². The number of hydrogen-bond donors (Lipinski definition) is 0. The van der Waals surface area contributed by atoms with Crippen molar-refractivity contribution in [3.63, 3.8) is 0 Å². The first-order chi connectivity index (χ1) is 5.72. The molecule has 2 aliphatic heterocycles. The van der Waals surface area contributed by atoms with Gasteiger partial charge in [0.2, 0.25) is 5.91 Å². The summed E-state index contributed by atoms with van der Waals surface area (Å²) in [6, 6.07) is 0. The molecule has 2 atom stereocenters. The summed E-state index contributed by atoms with van der Waals surface area (Å²) >= 11 is 1.68. The summed E-state index contributed by atoms with van der Waals surface area (Å²) < 4.78 is 0. The zero-order chi connectivity index (χ0) is 8.72. The quantitative estimate of drug-likeness (QED) is 0.445. The van der Waals surface area contributed by atoms with Gasteiger partial charge in [-0.05, 0) is 6.92 Å². The summed E-state index contributed by atoms with van der Waals surface area (Å²) in [7, 11) is 0. The Morgan fingerprint density at radius 2 is 2.50 bits per heavy atom. The van der Waals surface area contributed by atoms with Gasteiger partial charge >= 0.3 is 0 Å². The van der Waals surface area contributed by atoms with Gasteiger partial charge in [-0.25, -0.2) is 0 Å². The summed E-state index contributed by atoms with van der Waals surface area (Å²) in [5.74, 6) is 0.124. The lowest BCUT2D eigenvalue weighted by molar-refractivity contribution is -0.137. The summed E-state index contributed by atoms with van der Waals surface area (Å²) in [6.07, 6.45) is 3.14. The fourth-order valence-electron chi connectivity index (χ4n) is 1.38. The second-order valence-corrected chi connectivity index (χ2v) is 4.51. The zero-order valence-electron chi connectivity index (χ0n) is 6.69. The van der Waals surface area contributed by atoms with Crippen LogP contribution >= 0.6 is 11.8 Å². The van der Waals surface area contributed by atoms with Crippen LogP contribution in [0.1, 0.15) is 13.3 Å². The molecule has 2 rings (SSSR count). The van der Waals surface area contributed by atoms with Crippen molar-refractivity contribution in [1.82, 2.24) is 4.90 Å². The third kappa shape index (κ3) is 0.982. The number of carbonyl (C=O) groups is 2. The molecule has 0 aromatic rings. The van der Waals surface area contributed by atoms with Crippen LogP contribution < -0.4 is 0 Å². The van der Waals surface area contributed by atoms with Crippen LogP contribution in [0.3, 0.4) is 0 Å². The molecule has 0 spiro atoms. The SMILES string of the molecule is C[C@H]1S[C@H]2CC(=O)N2C=C1C=O. The molecule has 0 bridgehead atoms. The molecule has 0 N–H and O–H groups in total. The van der Waals surface area contributed by atoms with Crippen molar-refractivity contribution >= 4 is 24.0 Å². The molecule has 0 aliphatic carbocycles. The average molecular weight is 183 g/mol. The summed E-state index contributed by atoms with van der Waals surface area (Å²) in [6.45, 7) is 1.99. The average Bonchev–Trinajstić information content (AvgIpc) is 2.04. The van der Waals surface area contributed by atoms with Crippen LogP contribution in [0.15, 0.2) is 11.8 Å². The van der Waals surface area contributed by atoms with Crippen LogP contribution in [0.2, 0.25) is 0 Å². The highest BCUT2D eigenvalue weighted by Crippen LogP contribution is 2.39. The molecular formula is C8H9NO2S. The number of β-lactam (4-membered cyclic amide) rings is 1. The van der Waals surface area contributed by atoms with Gasteiger partial charge in [0.1, 0.15) is 6.29 Å². The van der Waals surface area contributed by atoms with Gasteiger partial charge in [-0.3, -0.25) is 9.59 Å². The third-order valence-electron chi connectivity index (χ3n) is 2.20. The van der Waals surface area contributed by atoms with E-state index in [1.165, 1.54) is 0 Å². The Bertz CT molecular complexity index is 274. The number of nitrogens with zero attached hydrogens (tertiary/aromatic N) is 1. The fraction of sp³-hybridized carbons (Fsp3) is 0.500. The molecule has 0 saturated carbocycles. The molecule has 3 nitrogen and oxygen atoms in total. The van der Waals surface area contributed by atoms with Crippen molar-refractivity contribution in [3.05, 3.63) is 11.8 Å². The van der Waals surface area contributed by atoms with E-state index in [1.54, 1.807) is 22.9 Å². The van der Waals surface area contributed by atoms with Crippen LogP contribution in [-0.2, 0) is 9.59 Å². The van der Waals surface area contributed by atoms with Crippen molar-refractivity contribution in [3.8, 4) is 0 Å². The first kappa shape index (κ1) is 7.86. The molecule has 2 aliphatic rings. The van der Waals surface area contributed by atoms with E-state index >= 15 is 0 Å². The molecule has 1 fully saturated rings. The highest BCUT2D eigenvalue weighted by Gasteiger charge is 2.40. The molecular weight excluding hydrogens is 174 g/mol. The molecule has 12 heavy (non-hydrogen) atoms. The summed E-state index contributed by atoms with van der Waals surface area (Å²) in [4.78, 5) is 23.2. The number of amides is 1. The molecule has 0 aromatic carbocycles. The van der Waals surface area contributed by atoms with E-state index in [1.807, 2.05) is 6.92 Å². The smallest absolute Gasteiger partial charge is 0.230 e. The van der Waals surface area contributed by atoms with E-state index in [-0.39, 0.29) is 16.5 Å². The number of fused-ring (bicyclic) bond motifs is 1. The Morgan fingerprint density at radius 3 is 3.08 bits per heavy atom. The molecule has 0 unspecified atom stereocenters. The topological polar surface area (TPSA) is 37.4 Å². The van der Waals surface area contributed by atoms with Crippen molar-refractivity contribution in [1.29, 1.82) is 0 Å². The summed E-state index contributed by atoms with van der Waals surface area (Å²) in [5.41, 5.74) is 0.712. The Labute approximate surface area is 74.8 Å². The second-order valence-electron chi connectivity index (χ2n) is 2.99. The van der Waals surface area contributed by atoms with E-state index in [9.17, 15) is 9.59 Å². The molecule has 1 amide bonds. The van der Waals surface area contributed by atoms with Crippen LogP contribution in [0, 0.1) is 0 Å². The van der Waals surface area contributed by atoms with Gasteiger partial charge in [-0.15, -0.1) is 11.8 Å². The number of rotatable bonds is 1. The second kappa shape index (κ2) is 2.62. The van der Waals surface area contributed by atoms with Gasteiger partial charge < -0.3 is 4.90 Å². The van der Waals surface area contributed by atoms with Gasteiger partial charge in [-0.2, -0.15) is 0 Å². The molecule has 0 radical (unpaired) electrons. The van der Waals surface area contributed by atoms with Gasteiger partial charge in [0, 0.05) is 17.0 Å². The van der Waals surface area contributed by atoms with E-state index in [4.69, 9.17) is 0 Å². The van der Waals surface area contributed by atoms with E-state index in [0.717, 1.165) is 6.29 Å². The Morgan fingerprint density at radius 1 is 1.75 bits per heavy atom. The minimum Gasteiger partial charge on any atom is -0.306 e. The maximum Gasteiger partial charge on any atom is 0.230 e. The van der Waals surface area contributed by atoms with Gasteiger partial charge in [0.25, 0.3) is 0 Å². The molecule has 2 heterocycles. The molecule has 0 aromatic heterocycles. The van der Waals surface area contributed by atoms with Crippen LogP contribution in [0.4, 0.5) is 0 Å². The lowest BCUT2D eigenvalue weighted by Crippen LogP contribution is -2.50. The van der Waals surface area contributed by atoms with Crippen molar-refractivity contribution in [2.75, 3.05) is 0 Å². The summed E-state index contributed by atoms with van der Waals surface area (Å²) in [5, 5.41) is 0.521. The standard InChI is InChI=1S/C8H9NO2S/c1-5-6(4-10)3-9-7(11)2-8(9)12-5/h3-5,8H,2H2,1H3/t5-,8+/m1/s1. The number of thioether (sulfide) groups is 1. The Hall–Kier alpha value is -0.770. The van der Waals surface area contributed by atoms with Crippen molar-refractivity contribution < 1.29 is 9.59 Å². The number of hydrogen-bond acceptors (Lipinski definition) is 3. The number of carbonyl (C=O) groups excluding carboxylic acids is 2. The highest BCUT2D eigenvalue weighted by atomic mass is 32.2. The molecule has 1 saturated heterocycles.